The van der Waals surface area contributed by atoms with Crippen LogP contribution in [0.4, 0.5) is 16.2 Å². The second kappa shape index (κ2) is 9.03. The van der Waals surface area contributed by atoms with Crippen LogP contribution in [0.1, 0.15) is 32.0 Å². The van der Waals surface area contributed by atoms with Crippen LogP contribution in [0.3, 0.4) is 0 Å². The predicted molar refractivity (Wildman–Crippen MR) is 110 cm³/mol. The quantitative estimate of drug-likeness (QED) is 0.495. The highest BCUT2D eigenvalue weighted by molar-refractivity contribution is 6.02. The Bertz CT molecular complexity index is 1150. The molecule has 0 radical (unpaired) electrons. The molecule has 1 heterocycles. The fourth-order valence-corrected chi connectivity index (χ4v) is 2.49. The Kier molecular flexibility index (Phi) is 6.05. The largest absolute Gasteiger partial charge is 0.478 e. The van der Waals surface area contributed by atoms with Gasteiger partial charge in [-0.15, -0.1) is 0 Å². The van der Waals surface area contributed by atoms with Crippen molar-refractivity contribution in [2.45, 2.75) is 0 Å². The van der Waals surface area contributed by atoms with Crippen molar-refractivity contribution in [3.63, 3.8) is 0 Å². The molecule has 30 heavy (non-hydrogen) atoms. The van der Waals surface area contributed by atoms with E-state index in [1.54, 1.807) is 42.6 Å². The summed E-state index contributed by atoms with van der Waals surface area (Å²) in [5.74, 6) is 3.25. The fraction of sp³-hybridized carbons (Fsp3) is 0. The minimum Gasteiger partial charge on any atom is -0.478 e. The molecule has 148 valence electrons. The van der Waals surface area contributed by atoms with E-state index in [9.17, 15) is 14.4 Å². The van der Waals surface area contributed by atoms with Gasteiger partial charge in [-0.3, -0.25) is 0 Å². The topological polar surface area (TPSA) is 129 Å². The number of aromatic carboxylic acids is 2. The Morgan fingerprint density at radius 3 is 2.10 bits per heavy atom. The van der Waals surface area contributed by atoms with Crippen LogP contribution >= 0.6 is 0 Å². The summed E-state index contributed by atoms with van der Waals surface area (Å²) < 4.78 is 0. The van der Waals surface area contributed by atoms with Crippen molar-refractivity contribution in [1.82, 2.24) is 4.98 Å². The molecular formula is C22H15N3O5. The number of nitrogens with one attached hydrogen (secondary N) is 2. The van der Waals surface area contributed by atoms with Crippen molar-refractivity contribution in [1.29, 1.82) is 0 Å². The highest BCUT2D eigenvalue weighted by Gasteiger charge is 2.13. The van der Waals surface area contributed by atoms with Gasteiger partial charge in [0.05, 0.1) is 11.1 Å². The van der Waals surface area contributed by atoms with E-state index >= 15 is 0 Å². The molecule has 3 aromatic rings. The first-order chi connectivity index (χ1) is 14.4. The van der Waals surface area contributed by atoms with E-state index < -0.39 is 18.0 Å². The molecule has 0 fully saturated rings. The number of aromatic nitrogens is 1. The van der Waals surface area contributed by atoms with Gasteiger partial charge in [-0.25, -0.2) is 19.4 Å². The second-order valence-electron chi connectivity index (χ2n) is 6.03. The summed E-state index contributed by atoms with van der Waals surface area (Å²) in [6.07, 6.45) is 1.64. The molecule has 0 saturated heterocycles. The molecular weight excluding hydrogens is 386 g/mol. The van der Waals surface area contributed by atoms with Crippen LogP contribution in [0.5, 0.6) is 0 Å². The summed E-state index contributed by atoms with van der Waals surface area (Å²) >= 11 is 0. The molecule has 0 saturated carbocycles. The van der Waals surface area contributed by atoms with Gasteiger partial charge in [-0.1, -0.05) is 18.1 Å². The van der Waals surface area contributed by atoms with Crippen LogP contribution in [-0.2, 0) is 0 Å². The van der Waals surface area contributed by atoms with Crippen LogP contribution in [0, 0.1) is 11.8 Å². The number of carboxylic acid groups (broad SMARTS) is 2. The molecule has 0 unspecified atom stereocenters. The van der Waals surface area contributed by atoms with Crippen molar-refractivity contribution >= 4 is 29.3 Å². The van der Waals surface area contributed by atoms with Gasteiger partial charge in [-0.05, 0) is 54.5 Å². The molecule has 3 rings (SSSR count). The first-order valence-electron chi connectivity index (χ1n) is 8.63. The third-order valence-electron chi connectivity index (χ3n) is 3.81. The number of nitrogens with zero attached hydrogens (tertiary/aromatic N) is 1. The summed E-state index contributed by atoms with van der Waals surface area (Å²) in [4.78, 5) is 38.7. The van der Waals surface area contributed by atoms with Crippen LogP contribution in [-0.4, -0.2) is 33.2 Å². The van der Waals surface area contributed by atoms with E-state index in [4.69, 9.17) is 10.2 Å². The lowest BCUT2D eigenvalue weighted by molar-refractivity contribution is 0.0696. The molecule has 0 aliphatic heterocycles. The Balaban J connectivity index is 1.73. The van der Waals surface area contributed by atoms with E-state index in [-0.39, 0.29) is 16.8 Å². The maximum atomic E-state index is 12.3. The lowest BCUT2D eigenvalue weighted by atomic mass is 10.1. The smallest absolute Gasteiger partial charge is 0.335 e. The van der Waals surface area contributed by atoms with E-state index in [0.717, 1.165) is 6.07 Å². The third kappa shape index (κ3) is 5.43. The SMILES string of the molecule is O=C(Nc1cccc(C#Cc2ccccn2)c1)Nc1cc(C(=O)O)cc(C(=O)O)c1. The van der Waals surface area contributed by atoms with Gasteiger partial charge in [0.2, 0.25) is 0 Å². The fourth-order valence-electron chi connectivity index (χ4n) is 2.49. The zero-order valence-electron chi connectivity index (χ0n) is 15.4. The molecule has 0 aliphatic carbocycles. The van der Waals surface area contributed by atoms with Crippen LogP contribution < -0.4 is 10.6 Å². The van der Waals surface area contributed by atoms with Crippen LogP contribution in [0.2, 0.25) is 0 Å². The summed E-state index contributed by atoms with van der Waals surface area (Å²) in [5, 5.41) is 23.3. The van der Waals surface area contributed by atoms with Gasteiger partial charge in [0.25, 0.3) is 0 Å². The number of amides is 2. The Morgan fingerprint density at radius 2 is 1.47 bits per heavy atom. The van der Waals surface area contributed by atoms with Crippen molar-refractivity contribution in [3.05, 3.63) is 89.2 Å². The van der Waals surface area contributed by atoms with Crippen LogP contribution in [0.15, 0.2) is 66.9 Å². The summed E-state index contributed by atoms with van der Waals surface area (Å²) in [6.45, 7) is 0. The predicted octanol–water partition coefficient (Wildman–Crippen LogP) is 3.52. The number of benzene rings is 2. The highest BCUT2D eigenvalue weighted by atomic mass is 16.4. The highest BCUT2D eigenvalue weighted by Crippen LogP contribution is 2.17. The zero-order chi connectivity index (χ0) is 21.5. The molecule has 8 nitrogen and oxygen atoms in total. The minimum absolute atomic E-state index is 0.0379. The zero-order valence-corrected chi connectivity index (χ0v) is 15.4. The summed E-state index contributed by atoms with van der Waals surface area (Å²) in [5.41, 5.74) is 1.25. The maximum absolute atomic E-state index is 12.3. The van der Waals surface area contributed by atoms with Gasteiger partial charge in [0, 0.05) is 23.1 Å². The van der Waals surface area contributed by atoms with Crippen molar-refractivity contribution < 1.29 is 24.6 Å². The first kappa shape index (κ1) is 20.1. The van der Waals surface area contributed by atoms with Gasteiger partial charge in [-0.2, -0.15) is 0 Å². The molecule has 0 atom stereocenters. The molecule has 4 N–H and O–H groups in total. The van der Waals surface area contributed by atoms with Crippen molar-refractivity contribution in [2.24, 2.45) is 0 Å². The monoisotopic (exact) mass is 401 g/mol. The van der Waals surface area contributed by atoms with E-state index in [0.29, 0.717) is 16.9 Å². The number of anilines is 2. The van der Waals surface area contributed by atoms with Gasteiger partial charge in [0.1, 0.15) is 5.69 Å². The molecule has 0 bridgehead atoms. The molecule has 1 aromatic heterocycles. The molecule has 2 amide bonds. The molecule has 0 spiro atoms. The number of pyridine rings is 1. The molecule has 8 heteroatoms. The standard InChI is InChI=1S/C22H15N3O5/c26-20(27)15-11-16(21(28)29)13-19(12-15)25-22(30)24-18-6-3-4-14(10-18)7-8-17-5-1-2-9-23-17/h1-6,9-13H,(H,26,27)(H,28,29)(H2,24,25,30). The molecule has 0 aliphatic rings. The second-order valence-corrected chi connectivity index (χ2v) is 6.03. The lowest BCUT2D eigenvalue weighted by Gasteiger charge is -2.09. The van der Waals surface area contributed by atoms with E-state index in [1.165, 1.54) is 12.1 Å². The third-order valence-corrected chi connectivity index (χ3v) is 3.81. The average Bonchev–Trinajstić information content (AvgIpc) is 2.73. The molecule has 2 aromatic carbocycles. The Morgan fingerprint density at radius 1 is 0.767 bits per heavy atom. The Labute approximate surface area is 171 Å². The number of hydrogen-bond acceptors (Lipinski definition) is 4. The lowest BCUT2D eigenvalue weighted by Crippen LogP contribution is -2.20. The van der Waals surface area contributed by atoms with Gasteiger partial charge >= 0.3 is 18.0 Å². The van der Waals surface area contributed by atoms with E-state index in [2.05, 4.69) is 27.5 Å². The normalized spacial score (nSPS) is 9.73. The number of hydrogen-bond donors (Lipinski definition) is 4. The van der Waals surface area contributed by atoms with E-state index in [1.807, 2.05) is 6.07 Å². The van der Waals surface area contributed by atoms with Gasteiger partial charge in [0.15, 0.2) is 0 Å². The minimum atomic E-state index is -1.30. The summed E-state index contributed by atoms with van der Waals surface area (Å²) in [7, 11) is 0. The summed E-state index contributed by atoms with van der Waals surface area (Å²) in [6, 6.07) is 14.9. The number of carbonyl (C=O) groups excluding carboxylic acids is 1. The Hall–Kier alpha value is -4.64. The number of urea groups is 1. The van der Waals surface area contributed by atoms with Gasteiger partial charge < -0.3 is 20.8 Å². The maximum Gasteiger partial charge on any atom is 0.335 e. The first-order valence-corrected chi connectivity index (χ1v) is 8.63. The van der Waals surface area contributed by atoms with Crippen molar-refractivity contribution in [3.8, 4) is 11.8 Å². The number of carbonyl (C=O) groups is 3. The van der Waals surface area contributed by atoms with Crippen molar-refractivity contribution in [2.75, 3.05) is 10.6 Å². The average molecular weight is 401 g/mol. The van der Waals surface area contributed by atoms with Crippen LogP contribution in [0.25, 0.3) is 0 Å². The number of carboxylic acids is 2. The number of rotatable bonds is 4.